The van der Waals surface area contributed by atoms with Crippen molar-refractivity contribution in [1.82, 2.24) is 15.1 Å². The molecule has 1 aliphatic heterocycles. The first-order valence-corrected chi connectivity index (χ1v) is 10.4. The topological polar surface area (TPSA) is 70.2 Å². The van der Waals surface area contributed by atoms with Gasteiger partial charge >= 0.3 is 0 Å². The molecule has 6 heteroatoms. The van der Waals surface area contributed by atoms with Gasteiger partial charge in [-0.1, -0.05) is 19.1 Å². The fourth-order valence-corrected chi connectivity index (χ4v) is 3.77. The fraction of sp³-hybridized carbons (Fsp3) is 0.333. The summed E-state index contributed by atoms with van der Waals surface area (Å²) in [6.07, 6.45) is 2.51. The molecule has 1 fully saturated rings. The molecule has 30 heavy (non-hydrogen) atoms. The molecule has 0 spiro atoms. The number of amides is 1. The molecule has 2 aromatic carbocycles. The lowest BCUT2D eigenvalue weighted by molar-refractivity contribution is 0.102. The predicted molar refractivity (Wildman–Crippen MR) is 119 cm³/mol. The molecule has 0 unspecified atom stereocenters. The zero-order valence-electron chi connectivity index (χ0n) is 17.5. The Labute approximate surface area is 177 Å². The number of benzene rings is 2. The van der Waals surface area contributed by atoms with Gasteiger partial charge < -0.3 is 10.1 Å². The molecule has 0 aliphatic carbocycles. The molecule has 0 saturated carbocycles. The van der Waals surface area contributed by atoms with Crippen molar-refractivity contribution in [3.05, 3.63) is 65.9 Å². The Morgan fingerprint density at radius 1 is 1.17 bits per heavy atom. The van der Waals surface area contributed by atoms with Crippen molar-refractivity contribution < 1.29 is 9.53 Å². The molecular weight excluding hydrogens is 376 g/mol. The second-order valence-corrected chi connectivity index (χ2v) is 8.01. The van der Waals surface area contributed by atoms with Crippen LogP contribution >= 0.6 is 0 Å². The third kappa shape index (κ3) is 4.89. The number of ether oxygens (including phenoxy) is 1. The Kier molecular flexibility index (Phi) is 6.14. The normalized spacial score (nSPS) is 15.1. The maximum atomic E-state index is 12.7. The number of likely N-dealkylation sites (tertiary alicyclic amines) is 1. The summed E-state index contributed by atoms with van der Waals surface area (Å²) in [6, 6.07) is 17.4. The molecule has 0 bridgehead atoms. The number of carbonyl (C=O) groups is 1. The van der Waals surface area contributed by atoms with Crippen LogP contribution in [0.4, 0.5) is 5.69 Å². The highest BCUT2D eigenvalue weighted by atomic mass is 16.5. The Balaban J connectivity index is 1.39. The third-order valence-electron chi connectivity index (χ3n) is 5.68. The lowest BCUT2D eigenvalue weighted by Crippen LogP contribution is -2.32. The number of H-pyrrole nitrogens is 1. The van der Waals surface area contributed by atoms with Gasteiger partial charge in [0.15, 0.2) is 0 Å². The molecular formula is C24H28N4O2. The van der Waals surface area contributed by atoms with Crippen molar-refractivity contribution in [1.29, 1.82) is 0 Å². The maximum absolute atomic E-state index is 12.7. The highest BCUT2D eigenvalue weighted by Crippen LogP contribution is 2.22. The maximum Gasteiger partial charge on any atom is 0.273 e. The first-order chi connectivity index (χ1) is 14.6. The zero-order valence-corrected chi connectivity index (χ0v) is 17.5. The minimum Gasteiger partial charge on any atom is -0.497 e. The van der Waals surface area contributed by atoms with Gasteiger partial charge in [0.05, 0.1) is 12.8 Å². The number of nitrogens with zero attached hydrogens (tertiary/aromatic N) is 2. The van der Waals surface area contributed by atoms with Crippen LogP contribution in [-0.2, 0) is 6.54 Å². The van der Waals surface area contributed by atoms with Crippen molar-refractivity contribution >= 4 is 11.6 Å². The van der Waals surface area contributed by atoms with Crippen molar-refractivity contribution in [2.75, 3.05) is 25.5 Å². The number of hydrogen-bond donors (Lipinski definition) is 2. The number of hydrogen-bond acceptors (Lipinski definition) is 4. The average Bonchev–Trinajstić information content (AvgIpc) is 3.26. The minimum absolute atomic E-state index is 0.203. The monoisotopic (exact) mass is 404 g/mol. The van der Waals surface area contributed by atoms with Crippen LogP contribution in [0.5, 0.6) is 5.75 Å². The number of rotatable bonds is 6. The summed E-state index contributed by atoms with van der Waals surface area (Å²) in [6.45, 7) is 5.52. The van der Waals surface area contributed by atoms with Crippen molar-refractivity contribution in [2.24, 2.45) is 5.92 Å². The van der Waals surface area contributed by atoms with Crippen LogP contribution in [-0.4, -0.2) is 41.2 Å². The number of aromatic nitrogens is 2. The van der Waals surface area contributed by atoms with E-state index < -0.39 is 0 Å². The van der Waals surface area contributed by atoms with Gasteiger partial charge in [-0.15, -0.1) is 0 Å². The molecule has 0 atom stereocenters. The van der Waals surface area contributed by atoms with E-state index in [1.165, 1.54) is 18.4 Å². The predicted octanol–water partition coefficient (Wildman–Crippen LogP) is 4.57. The first-order valence-electron chi connectivity index (χ1n) is 10.4. The first kappa shape index (κ1) is 20.2. The van der Waals surface area contributed by atoms with E-state index in [4.69, 9.17) is 4.74 Å². The van der Waals surface area contributed by atoms with Crippen molar-refractivity contribution in [3.8, 4) is 17.0 Å². The van der Waals surface area contributed by atoms with Crippen LogP contribution in [0.2, 0.25) is 0 Å². The summed E-state index contributed by atoms with van der Waals surface area (Å²) in [5.41, 5.74) is 4.07. The molecule has 1 aromatic heterocycles. The second kappa shape index (κ2) is 9.13. The SMILES string of the molecule is COc1ccc(-c2cc(C(=O)Nc3cccc(CN4CCC(C)CC4)c3)[nH]n2)cc1. The van der Waals surface area contributed by atoms with Gasteiger partial charge in [0.1, 0.15) is 11.4 Å². The molecule has 6 nitrogen and oxygen atoms in total. The standard InChI is InChI=1S/C24H28N4O2/c1-17-10-12-28(13-11-17)16-18-4-3-5-20(14-18)25-24(29)23-15-22(26-27-23)19-6-8-21(30-2)9-7-19/h3-9,14-15,17H,10-13,16H2,1-2H3,(H,25,29)(H,26,27). The van der Waals surface area contributed by atoms with E-state index in [2.05, 4.69) is 39.5 Å². The molecule has 1 aliphatic rings. The lowest BCUT2D eigenvalue weighted by Gasteiger charge is -2.30. The van der Waals surface area contributed by atoms with E-state index in [0.717, 1.165) is 48.2 Å². The molecule has 3 aromatic rings. The molecule has 0 radical (unpaired) electrons. The third-order valence-corrected chi connectivity index (χ3v) is 5.68. The number of aromatic amines is 1. The summed E-state index contributed by atoms with van der Waals surface area (Å²) >= 11 is 0. The smallest absolute Gasteiger partial charge is 0.273 e. The van der Waals surface area contributed by atoms with E-state index in [-0.39, 0.29) is 5.91 Å². The summed E-state index contributed by atoms with van der Waals surface area (Å²) in [4.78, 5) is 15.2. The molecule has 2 N–H and O–H groups in total. The van der Waals surface area contributed by atoms with E-state index in [1.807, 2.05) is 36.4 Å². The van der Waals surface area contributed by atoms with E-state index >= 15 is 0 Å². The van der Waals surface area contributed by atoms with Crippen LogP contribution in [0.1, 0.15) is 35.8 Å². The Hall–Kier alpha value is -3.12. The number of carbonyl (C=O) groups excluding carboxylic acids is 1. The number of anilines is 1. The lowest BCUT2D eigenvalue weighted by atomic mass is 9.99. The fourth-order valence-electron chi connectivity index (χ4n) is 3.77. The van der Waals surface area contributed by atoms with E-state index in [1.54, 1.807) is 13.2 Å². The van der Waals surface area contributed by atoms with Crippen LogP contribution in [0.15, 0.2) is 54.6 Å². The Bertz CT molecular complexity index is 988. The Morgan fingerprint density at radius 2 is 1.93 bits per heavy atom. The quantitative estimate of drug-likeness (QED) is 0.631. The van der Waals surface area contributed by atoms with Gasteiger partial charge in [0.25, 0.3) is 5.91 Å². The summed E-state index contributed by atoms with van der Waals surface area (Å²) in [7, 11) is 1.63. The number of methoxy groups -OCH3 is 1. The summed E-state index contributed by atoms with van der Waals surface area (Å²) < 4.78 is 5.18. The highest BCUT2D eigenvalue weighted by molar-refractivity contribution is 6.03. The Morgan fingerprint density at radius 3 is 2.67 bits per heavy atom. The van der Waals surface area contributed by atoms with Gasteiger partial charge in [-0.25, -0.2) is 0 Å². The zero-order chi connectivity index (χ0) is 20.9. The molecule has 4 rings (SSSR count). The van der Waals surface area contributed by atoms with Crippen molar-refractivity contribution in [3.63, 3.8) is 0 Å². The minimum atomic E-state index is -0.203. The van der Waals surface area contributed by atoms with Crippen LogP contribution < -0.4 is 10.1 Å². The second-order valence-electron chi connectivity index (χ2n) is 8.01. The molecule has 2 heterocycles. The van der Waals surface area contributed by atoms with Crippen LogP contribution in [0.3, 0.4) is 0 Å². The van der Waals surface area contributed by atoms with Gasteiger partial charge in [-0.05, 0) is 79.9 Å². The molecule has 156 valence electrons. The van der Waals surface area contributed by atoms with Gasteiger partial charge in [-0.2, -0.15) is 5.10 Å². The van der Waals surface area contributed by atoms with Gasteiger partial charge in [-0.3, -0.25) is 14.8 Å². The van der Waals surface area contributed by atoms with Crippen LogP contribution in [0.25, 0.3) is 11.3 Å². The number of piperidine rings is 1. The number of nitrogens with one attached hydrogen (secondary N) is 2. The van der Waals surface area contributed by atoms with E-state index in [0.29, 0.717) is 5.69 Å². The van der Waals surface area contributed by atoms with Crippen molar-refractivity contribution in [2.45, 2.75) is 26.3 Å². The largest absolute Gasteiger partial charge is 0.497 e. The molecule has 1 amide bonds. The summed E-state index contributed by atoms with van der Waals surface area (Å²) in [5.74, 6) is 1.40. The highest BCUT2D eigenvalue weighted by Gasteiger charge is 2.16. The van der Waals surface area contributed by atoms with Gasteiger partial charge in [0, 0.05) is 17.8 Å². The van der Waals surface area contributed by atoms with Crippen LogP contribution in [0, 0.1) is 5.92 Å². The average molecular weight is 405 g/mol. The van der Waals surface area contributed by atoms with Gasteiger partial charge in [0.2, 0.25) is 0 Å². The summed E-state index contributed by atoms with van der Waals surface area (Å²) in [5, 5.41) is 10.1. The van der Waals surface area contributed by atoms with E-state index in [9.17, 15) is 4.79 Å². The molecule has 1 saturated heterocycles.